The second kappa shape index (κ2) is 19.9. The summed E-state index contributed by atoms with van der Waals surface area (Å²) < 4.78 is 12.4. The van der Waals surface area contributed by atoms with Crippen LogP contribution in [-0.2, 0) is 43.6 Å². The number of carbonyl (C=O) groups is 1. The van der Waals surface area contributed by atoms with E-state index in [0.29, 0.717) is 61.0 Å². The summed E-state index contributed by atoms with van der Waals surface area (Å²) in [6.07, 6.45) is 12.3. The number of rotatable bonds is 18. The van der Waals surface area contributed by atoms with Crippen LogP contribution in [0.15, 0.2) is 48.5 Å². The summed E-state index contributed by atoms with van der Waals surface area (Å²) in [5, 5.41) is 14.5. The molecular formula is C52H78N3O4+. The van der Waals surface area contributed by atoms with Crippen LogP contribution in [0, 0.1) is 41.9 Å². The highest BCUT2D eigenvalue weighted by Gasteiger charge is 2.33. The maximum absolute atomic E-state index is 14.2. The first-order valence-corrected chi connectivity index (χ1v) is 23.2. The van der Waals surface area contributed by atoms with E-state index in [0.717, 1.165) is 55.0 Å². The first-order valence-electron chi connectivity index (χ1n) is 23.2. The van der Waals surface area contributed by atoms with Gasteiger partial charge in [0.15, 0.2) is 11.5 Å². The molecule has 1 fully saturated rings. The minimum Gasteiger partial charge on any atom is -0.504 e. The van der Waals surface area contributed by atoms with Crippen LogP contribution in [-0.4, -0.2) is 73.9 Å². The van der Waals surface area contributed by atoms with E-state index < -0.39 is 0 Å². The summed E-state index contributed by atoms with van der Waals surface area (Å²) in [6, 6.07) is 17.9. The monoisotopic (exact) mass is 809 g/mol. The largest absolute Gasteiger partial charge is 0.504 e. The number of phenolic OH excluding ortho intramolecular Hbond substituents is 1. The van der Waals surface area contributed by atoms with Crippen molar-refractivity contribution in [2.75, 3.05) is 53.5 Å². The number of carbonyl (C=O) groups excluding carboxylic acids is 1. The van der Waals surface area contributed by atoms with Crippen molar-refractivity contribution in [2.24, 2.45) is 35.0 Å². The van der Waals surface area contributed by atoms with E-state index in [9.17, 15) is 9.90 Å². The van der Waals surface area contributed by atoms with Gasteiger partial charge in [-0.2, -0.15) is 0 Å². The highest BCUT2D eigenvalue weighted by molar-refractivity contribution is 5.78. The topological polar surface area (TPSA) is 71.0 Å². The number of quaternary nitrogens is 1. The van der Waals surface area contributed by atoms with Crippen LogP contribution in [0.5, 0.6) is 17.2 Å². The van der Waals surface area contributed by atoms with Crippen LogP contribution in [0.4, 0.5) is 0 Å². The molecule has 1 saturated carbocycles. The molecule has 4 atom stereocenters. The summed E-state index contributed by atoms with van der Waals surface area (Å²) in [5.74, 6) is 3.50. The van der Waals surface area contributed by atoms with Crippen molar-refractivity contribution >= 4 is 5.91 Å². The van der Waals surface area contributed by atoms with Crippen LogP contribution in [0.2, 0.25) is 0 Å². The summed E-state index contributed by atoms with van der Waals surface area (Å²) in [4.78, 5) is 16.1. The molecule has 4 unspecified atom stereocenters. The third-order valence-corrected chi connectivity index (χ3v) is 13.4. The Bertz CT molecular complexity index is 1870. The van der Waals surface area contributed by atoms with Crippen molar-refractivity contribution in [1.29, 1.82) is 0 Å². The molecule has 7 heteroatoms. The van der Waals surface area contributed by atoms with Crippen molar-refractivity contribution in [3.8, 4) is 17.2 Å². The minimum absolute atomic E-state index is 0.0699. The molecule has 2 aliphatic carbocycles. The average Bonchev–Trinajstić information content (AvgIpc) is 3.42. The number of hydrogen-bond acceptors (Lipinski definition) is 5. The van der Waals surface area contributed by atoms with Gasteiger partial charge in [0.1, 0.15) is 6.54 Å². The summed E-state index contributed by atoms with van der Waals surface area (Å²) >= 11 is 0. The Morgan fingerprint density at radius 3 is 2.53 bits per heavy atom. The van der Waals surface area contributed by atoms with Gasteiger partial charge in [-0.1, -0.05) is 77.8 Å². The van der Waals surface area contributed by atoms with Gasteiger partial charge in [0.25, 0.3) is 0 Å². The summed E-state index contributed by atoms with van der Waals surface area (Å²) in [6.45, 7) is 21.8. The van der Waals surface area contributed by atoms with Gasteiger partial charge in [-0.25, -0.2) is 0 Å². The van der Waals surface area contributed by atoms with E-state index in [2.05, 4.69) is 104 Å². The van der Waals surface area contributed by atoms with Gasteiger partial charge in [-0.05, 0) is 146 Å². The van der Waals surface area contributed by atoms with Crippen LogP contribution in [0.25, 0.3) is 0 Å². The van der Waals surface area contributed by atoms with Crippen molar-refractivity contribution in [3.63, 3.8) is 0 Å². The molecule has 3 aliphatic rings. The zero-order valence-electron chi connectivity index (χ0n) is 38.3. The summed E-state index contributed by atoms with van der Waals surface area (Å²) in [5.41, 5.74) is 10.3. The molecule has 1 heterocycles. The first-order chi connectivity index (χ1) is 28.1. The summed E-state index contributed by atoms with van der Waals surface area (Å²) in [7, 11) is 4.52. The maximum atomic E-state index is 14.2. The molecule has 6 rings (SSSR count). The number of aryl methyl sites for hydroxylation is 2. The van der Waals surface area contributed by atoms with Gasteiger partial charge < -0.3 is 29.3 Å². The smallest absolute Gasteiger partial charge is 0.231 e. The number of benzene rings is 3. The highest BCUT2D eigenvalue weighted by atomic mass is 16.5. The van der Waals surface area contributed by atoms with E-state index in [4.69, 9.17) is 9.47 Å². The van der Waals surface area contributed by atoms with E-state index in [1.807, 2.05) is 11.0 Å². The van der Waals surface area contributed by atoms with E-state index >= 15 is 0 Å². The lowest BCUT2D eigenvalue weighted by Gasteiger charge is -2.39. The van der Waals surface area contributed by atoms with E-state index in [1.54, 1.807) is 22.8 Å². The lowest BCUT2D eigenvalue weighted by Crippen LogP contribution is -2.47. The second-order valence-corrected chi connectivity index (χ2v) is 20.9. The number of ether oxygens (including phenoxy) is 2. The number of amides is 1. The van der Waals surface area contributed by atoms with Gasteiger partial charge in [0.05, 0.1) is 39.8 Å². The van der Waals surface area contributed by atoms with Crippen molar-refractivity contribution in [1.82, 2.24) is 10.2 Å². The number of aromatic hydroxyl groups is 1. The molecule has 3 aromatic rings. The molecular weight excluding hydrogens is 731 g/mol. The fraction of sp³-hybridized carbons (Fsp3) is 0.635. The molecule has 2 N–H and O–H groups in total. The fourth-order valence-corrected chi connectivity index (χ4v) is 10.6. The molecule has 1 amide bonds. The molecule has 0 aromatic heterocycles. The van der Waals surface area contributed by atoms with Crippen LogP contribution >= 0.6 is 0 Å². The molecule has 0 spiro atoms. The number of nitrogens with one attached hydrogen (secondary N) is 1. The molecule has 0 saturated heterocycles. The molecule has 1 aliphatic heterocycles. The molecule has 324 valence electrons. The zero-order chi connectivity index (χ0) is 42.3. The Labute approximate surface area is 357 Å². The lowest BCUT2D eigenvalue weighted by molar-refractivity contribution is -0.905. The van der Waals surface area contributed by atoms with Gasteiger partial charge in [0, 0.05) is 31.6 Å². The predicted molar refractivity (Wildman–Crippen MR) is 242 cm³/mol. The van der Waals surface area contributed by atoms with Crippen LogP contribution < -0.4 is 14.8 Å². The quantitative estimate of drug-likeness (QED) is 0.125. The maximum Gasteiger partial charge on any atom is 0.231 e. The van der Waals surface area contributed by atoms with Gasteiger partial charge in [-0.15, -0.1) is 0 Å². The molecule has 0 radical (unpaired) electrons. The van der Waals surface area contributed by atoms with Gasteiger partial charge >= 0.3 is 0 Å². The molecule has 59 heavy (non-hydrogen) atoms. The van der Waals surface area contributed by atoms with Gasteiger partial charge in [0.2, 0.25) is 11.7 Å². The fourth-order valence-electron chi connectivity index (χ4n) is 10.6. The third kappa shape index (κ3) is 12.5. The van der Waals surface area contributed by atoms with Crippen molar-refractivity contribution in [3.05, 3.63) is 87.5 Å². The van der Waals surface area contributed by atoms with Crippen LogP contribution in [0.3, 0.4) is 0 Å². The Morgan fingerprint density at radius 1 is 0.949 bits per heavy atom. The average molecular weight is 809 g/mol. The van der Waals surface area contributed by atoms with E-state index in [-0.39, 0.29) is 17.6 Å². The molecule has 3 aromatic carbocycles. The highest BCUT2D eigenvalue weighted by Crippen LogP contribution is 2.42. The lowest BCUT2D eigenvalue weighted by atomic mass is 9.69. The van der Waals surface area contributed by atoms with Gasteiger partial charge in [-0.3, -0.25) is 4.79 Å². The molecule has 0 bridgehead atoms. The first kappa shape index (κ1) is 45.0. The van der Waals surface area contributed by atoms with Crippen molar-refractivity contribution in [2.45, 2.75) is 126 Å². The van der Waals surface area contributed by atoms with Crippen molar-refractivity contribution < 1.29 is 23.9 Å². The number of hydrogen-bond donors (Lipinski definition) is 2. The number of nitrogens with zero attached hydrogens (tertiary/aromatic N) is 2. The predicted octanol–water partition coefficient (Wildman–Crippen LogP) is 10.1. The standard InChI is InChI=1S/C52H77N3O4/c1-36(2)30-53-35-52(7)20-11-13-40(29-52)18-19-44-14-10-15-45-25-42(26-47(44)45)23-41-17-16-38(5)46(24-41)34-55(8,9)33-39(6)51(57)54(31-37(3)4)32-43-27-48(56)50-49(28-43)58-21-12-22-59-50/h10,14-17,24,27-28,36-37,39-40,42,53H,11-13,18-23,25-26,29-35H2,1-9H3/p+1. The van der Waals surface area contributed by atoms with Crippen LogP contribution in [0.1, 0.15) is 119 Å². The van der Waals surface area contributed by atoms with E-state index in [1.165, 1.54) is 68.1 Å². The Hall–Kier alpha value is -3.55. The Kier molecular flexibility index (Phi) is 15.2. The number of fused-ring (bicyclic) bond motifs is 2. The number of phenols is 1. The Balaban J connectivity index is 1.04. The zero-order valence-corrected chi connectivity index (χ0v) is 38.3. The normalized spacial score (nSPS) is 21.1. The third-order valence-electron chi connectivity index (χ3n) is 13.4. The molecule has 7 nitrogen and oxygen atoms in total. The minimum atomic E-state index is -0.165. The Morgan fingerprint density at radius 2 is 1.75 bits per heavy atom. The second-order valence-electron chi connectivity index (χ2n) is 20.9. The SMILES string of the molecule is Cc1ccc(CC2Cc3cccc(CCC4CCCC(C)(CNCC(C)C)C4)c3C2)cc1C[N+](C)(C)CC(C)C(=O)N(Cc1cc(O)c2c(c1)OCCCO2)CC(C)C.